The molecule has 0 N–H and O–H groups in total. The van der Waals surface area contributed by atoms with Crippen molar-refractivity contribution in [1.82, 2.24) is 14.0 Å². The van der Waals surface area contributed by atoms with E-state index < -0.39 is 7.12 Å². The van der Waals surface area contributed by atoms with E-state index >= 15 is 0 Å². The molecule has 3 heterocycles. The molecule has 6 rings (SSSR count). The smallest absolute Gasteiger partial charge is 0.399 e. The van der Waals surface area contributed by atoms with Crippen molar-refractivity contribution >= 4 is 40.4 Å². The van der Waals surface area contributed by atoms with Gasteiger partial charge in [0.1, 0.15) is 0 Å². The highest BCUT2D eigenvalue weighted by atomic mass is 16.7. The van der Waals surface area contributed by atoms with Gasteiger partial charge in [0, 0.05) is 5.69 Å². The Morgan fingerprint density at radius 3 is 2.10 bits per heavy atom. The lowest BCUT2D eigenvalue weighted by molar-refractivity contribution is 0.00578. The van der Waals surface area contributed by atoms with Crippen molar-refractivity contribution in [3.05, 3.63) is 72.8 Å². The third-order valence-corrected chi connectivity index (χ3v) is 6.76. The molecular weight excluding hydrogens is 385 g/mol. The summed E-state index contributed by atoms with van der Waals surface area (Å²) < 4.78 is 17.0. The Kier molecular flexibility index (Phi) is 3.74. The van der Waals surface area contributed by atoms with Crippen molar-refractivity contribution in [2.45, 2.75) is 38.9 Å². The molecule has 6 heteroatoms. The van der Waals surface area contributed by atoms with E-state index in [9.17, 15) is 0 Å². The van der Waals surface area contributed by atoms with E-state index in [1.165, 1.54) is 0 Å². The fourth-order valence-electron chi connectivity index (χ4n) is 4.38. The quantitative estimate of drug-likeness (QED) is 0.396. The first-order chi connectivity index (χ1) is 14.9. The number of aromatic nitrogens is 3. The molecule has 0 bridgehead atoms. The van der Waals surface area contributed by atoms with E-state index in [1.807, 2.05) is 6.07 Å². The zero-order valence-corrected chi connectivity index (χ0v) is 18.2. The summed E-state index contributed by atoms with van der Waals surface area (Å²) in [4.78, 5) is 5.05. The Morgan fingerprint density at radius 1 is 0.742 bits per heavy atom. The Balaban J connectivity index is 1.57. The van der Waals surface area contributed by atoms with Gasteiger partial charge in [0.15, 0.2) is 0 Å². The Labute approximate surface area is 181 Å². The molecular formula is C25H24BN3O2. The molecule has 0 spiro atoms. The molecule has 0 atom stereocenters. The predicted molar refractivity (Wildman–Crippen MR) is 125 cm³/mol. The molecule has 5 aromatic rings. The summed E-state index contributed by atoms with van der Waals surface area (Å²) in [6, 6.07) is 25.1. The van der Waals surface area contributed by atoms with Crippen LogP contribution in [0.15, 0.2) is 72.8 Å². The minimum atomic E-state index is -0.400. The predicted octanol–water partition coefficient (Wildman–Crippen LogP) is 4.73. The van der Waals surface area contributed by atoms with E-state index in [0.717, 1.165) is 39.0 Å². The molecule has 3 aromatic carbocycles. The van der Waals surface area contributed by atoms with Crippen molar-refractivity contribution in [3.8, 4) is 5.69 Å². The second-order valence-corrected chi connectivity index (χ2v) is 9.24. The van der Waals surface area contributed by atoms with Gasteiger partial charge in [-0.3, -0.25) is 8.97 Å². The van der Waals surface area contributed by atoms with E-state index in [-0.39, 0.29) is 11.2 Å². The average Bonchev–Trinajstić information content (AvgIpc) is 3.34. The molecule has 1 saturated heterocycles. The van der Waals surface area contributed by atoms with Crippen molar-refractivity contribution < 1.29 is 9.31 Å². The minimum Gasteiger partial charge on any atom is -0.399 e. The van der Waals surface area contributed by atoms with E-state index in [2.05, 4.69) is 103 Å². The second kappa shape index (κ2) is 6.22. The largest absolute Gasteiger partial charge is 0.494 e. The topological polar surface area (TPSA) is 40.7 Å². The van der Waals surface area contributed by atoms with Crippen LogP contribution in [0.2, 0.25) is 0 Å². The normalized spacial score (nSPS) is 17.9. The molecule has 1 fully saturated rings. The molecule has 0 unspecified atom stereocenters. The third-order valence-electron chi connectivity index (χ3n) is 6.76. The maximum Gasteiger partial charge on any atom is 0.494 e. The maximum atomic E-state index is 6.26. The number of rotatable bonds is 2. The first-order valence-corrected chi connectivity index (χ1v) is 10.7. The van der Waals surface area contributed by atoms with Crippen LogP contribution in [0, 0.1) is 0 Å². The molecule has 0 saturated carbocycles. The van der Waals surface area contributed by atoms with Gasteiger partial charge in [0.2, 0.25) is 5.78 Å². The van der Waals surface area contributed by atoms with E-state index in [0.29, 0.717) is 0 Å². The number of imidazole rings is 2. The average molecular weight is 409 g/mol. The Bertz CT molecular complexity index is 1430. The Hall–Kier alpha value is -3.09. The van der Waals surface area contributed by atoms with Gasteiger partial charge < -0.3 is 9.31 Å². The molecule has 31 heavy (non-hydrogen) atoms. The van der Waals surface area contributed by atoms with Crippen LogP contribution in [-0.2, 0) is 9.31 Å². The lowest BCUT2D eigenvalue weighted by Gasteiger charge is -2.32. The van der Waals surface area contributed by atoms with Gasteiger partial charge in [-0.25, -0.2) is 4.98 Å². The van der Waals surface area contributed by atoms with Crippen LogP contribution in [0.25, 0.3) is 33.5 Å². The van der Waals surface area contributed by atoms with E-state index in [4.69, 9.17) is 14.3 Å². The van der Waals surface area contributed by atoms with Crippen LogP contribution in [0.4, 0.5) is 0 Å². The summed E-state index contributed by atoms with van der Waals surface area (Å²) in [7, 11) is -0.400. The van der Waals surface area contributed by atoms with Crippen LogP contribution >= 0.6 is 0 Å². The lowest BCUT2D eigenvalue weighted by atomic mass is 9.79. The van der Waals surface area contributed by atoms with E-state index in [1.54, 1.807) is 0 Å². The van der Waals surface area contributed by atoms with Crippen LogP contribution in [0.1, 0.15) is 27.7 Å². The zero-order valence-electron chi connectivity index (χ0n) is 18.2. The highest BCUT2D eigenvalue weighted by molar-refractivity contribution is 6.62. The molecule has 2 aromatic heterocycles. The van der Waals surface area contributed by atoms with Crippen LogP contribution in [0.5, 0.6) is 0 Å². The van der Waals surface area contributed by atoms with Gasteiger partial charge in [-0.2, -0.15) is 0 Å². The summed E-state index contributed by atoms with van der Waals surface area (Å²) in [5.41, 5.74) is 5.61. The molecule has 154 valence electrons. The van der Waals surface area contributed by atoms with Gasteiger partial charge in [-0.1, -0.05) is 36.4 Å². The summed E-state index contributed by atoms with van der Waals surface area (Å²) in [5, 5.41) is 0. The van der Waals surface area contributed by atoms with Gasteiger partial charge in [0.25, 0.3) is 0 Å². The third kappa shape index (κ3) is 2.62. The molecule has 1 aliphatic rings. The first kappa shape index (κ1) is 18.7. The summed E-state index contributed by atoms with van der Waals surface area (Å²) in [5.74, 6) is 0.897. The van der Waals surface area contributed by atoms with Gasteiger partial charge in [-0.05, 0) is 69.6 Å². The number of nitrogens with zero attached hydrogens (tertiary/aromatic N) is 3. The standard InChI is InChI=1S/C25H24BN3O2/c1-24(2)25(3,4)31-26(30-24)17-14-15-20-19(16-17)27-23-28(18-10-6-5-7-11-18)21-12-8-9-13-22(21)29(20)23/h5-16H,1-4H3. The van der Waals surface area contributed by atoms with Crippen LogP contribution in [-0.4, -0.2) is 32.3 Å². The lowest BCUT2D eigenvalue weighted by Crippen LogP contribution is -2.41. The molecule has 1 aliphatic heterocycles. The highest BCUT2D eigenvalue weighted by Gasteiger charge is 2.51. The van der Waals surface area contributed by atoms with Crippen LogP contribution in [0.3, 0.4) is 0 Å². The Morgan fingerprint density at radius 2 is 1.39 bits per heavy atom. The monoisotopic (exact) mass is 409 g/mol. The number of benzene rings is 3. The minimum absolute atomic E-state index is 0.369. The van der Waals surface area contributed by atoms with Gasteiger partial charge in [-0.15, -0.1) is 0 Å². The summed E-state index contributed by atoms with van der Waals surface area (Å²) in [6.07, 6.45) is 0. The number of para-hydroxylation sites is 3. The fraction of sp³-hybridized carbons (Fsp3) is 0.240. The van der Waals surface area contributed by atoms with Crippen LogP contribution < -0.4 is 5.46 Å². The molecule has 0 radical (unpaired) electrons. The fourth-order valence-corrected chi connectivity index (χ4v) is 4.38. The molecule has 5 nitrogen and oxygen atoms in total. The number of fused-ring (bicyclic) bond motifs is 5. The van der Waals surface area contributed by atoms with Gasteiger partial charge in [0.05, 0.1) is 33.3 Å². The van der Waals surface area contributed by atoms with Crippen molar-refractivity contribution in [2.24, 2.45) is 0 Å². The molecule has 0 amide bonds. The van der Waals surface area contributed by atoms with Crippen molar-refractivity contribution in [3.63, 3.8) is 0 Å². The molecule has 0 aliphatic carbocycles. The SMILES string of the molecule is CC1(C)OB(c2ccc3c(c2)nc2n(-c4ccccc4)c4ccccc4n32)OC1(C)C. The van der Waals surface area contributed by atoms with Gasteiger partial charge >= 0.3 is 7.12 Å². The summed E-state index contributed by atoms with van der Waals surface area (Å²) in [6.45, 7) is 8.30. The number of hydrogen-bond donors (Lipinski definition) is 0. The maximum absolute atomic E-state index is 6.26. The second-order valence-electron chi connectivity index (χ2n) is 9.24. The first-order valence-electron chi connectivity index (χ1n) is 10.7. The number of hydrogen-bond acceptors (Lipinski definition) is 3. The van der Waals surface area contributed by atoms with Crippen molar-refractivity contribution in [2.75, 3.05) is 0 Å². The summed E-state index contributed by atoms with van der Waals surface area (Å²) >= 11 is 0. The highest BCUT2D eigenvalue weighted by Crippen LogP contribution is 2.37. The zero-order chi connectivity index (χ0) is 21.4. The van der Waals surface area contributed by atoms with Crippen molar-refractivity contribution in [1.29, 1.82) is 0 Å².